The first kappa shape index (κ1) is 21.7. The lowest BCUT2D eigenvalue weighted by atomic mass is 9.82. The Bertz CT molecular complexity index is 1600. The largest absolute Gasteiger partial charge is 0.212 e. The summed E-state index contributed by atoms with van der Waals surface area (Å²) in [6, 6.07) is 30.1. The third kappa shape index (κ3) is 3.46. The Kier molecular flexibility index (Phi) is 4.69. The molecule has 0 atom stereocenters. The van der Waals surface area contributed by atoms with E-state index >= 15 is 0 Å². The number of aromatic nitrogens is 3. The van der Waals surface area contributed by atoms with Crippen molar-refractivity contribution in [2.24, 2.45) is 0 Å². The molecule has 5 aromatic rings. The number of benzene rings is 4. The van der Waals surface area contributed by atoms with Gasteiger partial charge in [0.15, 0.2) is 11.6 Å². The summed E-state index contributed by atoms with van der Waals surface area (Å²) >= 11 is 0. The van der Waals surface area contributed by atoms with Crippen LogP contribution in [0.1, 0.15) is 51.6 Å². The van der Waals surface area contributed by atoms with Crippen molar-refractivity contribution < 1.29 is 0 Å². The fraction of sp³-hybridized carbons (Fsp3) is 0.219. The molecule has 0 aliphatic heterocycles. The number of nitrogens with zero attached hydrogens (tertiary/aromatic N) is 3. The average Bonchev–Trinajstić information content (AvgIpc) is 3.09. The minimum Gasteiger partial charge on any atom is -0.212 e. The zero-order valence-corrected chi connectivity index (χ0v) is 20.9. The van der Waals surface area contributed by atoms with E-state index in [0.717, 1.165) is 34.0 Å². The van der Waals surface area contributed by atoms with Crippen LogP contribution in [0.2, 0.25) is 0 Å². The van der Waals surface area contributed by atoms with Crippen LogP contribution in [-0.2, 0) is 10.8 Å². The fourth-order valence-corrected chi connectivity index (χ4v) is 5.22. The first-order chi connectivity index (χ1) is 16.7. The van der Waals surface area contributed by atoms with Gasteiger partial charge in [0.05, 0.1) is 0 Å². The van der Waals surface area contributed by atoms with Crippen LogP contribution in [0.4, 0.5) is 0 Å². The highest BCUT2D eigenvalue weighted by atomic mass is 15.0. The van der Waals surface area contributed by atoms with Crippen LogP contribution in [0, 0.1) is 0 Å². The Hall–Kier alpha value is -3.85. The summed E-state index contributed by atoms with van der Waals surface area (Å²) < 4.78 is 0. The van der Waals surface area contributed by atoms with Crippen molar-refractivity contribution in [1.29, 1.82) is 0 Å². The summed E-state index contributed by atoms with van der Waals surface area (Å²) in [6.45, 7) is 11.1. The predicted molar refractivity (Wildman–Crippen MR) is 144 cm³/mol. The Morgan fingerprint density at radius 1 is 0.600 bits per heavy atom. The van der Waals surface area contributed by atoms with E-state index in [0.29, 0.717) is 0 Å². The highest BCUT2D eigenvalue weighted by Gasteiger charge is 2.35. The molecule has 35 heavy (non-hydrogen) atoms. The lowest BCUT2D eigenvalue weighted by molar-refractivity contribution is 0.543. The van der Waals surface area contributed by atoms with Crippen LogP contribution in [0.5, 0.6) is 0 Å². The molecule has 0 saturated carbocycles. The second kappa shape index (κ2) is 7.58. The number of hydrogen-bond acceptors (Lipinski definition) is 3. The van der Waals surface area contributed by atoms with Crippen molar-refractivity contribution >= 4 is 10.8 Å². The van der Waals surface area contributed by atoms with Gasteiger partial charge >= 0.3 is 0 Å². The second-order valence-corrected chi connectivity index (χ2v) is 11.0. The number of rotatable bonds is 2. The van der Waals surface area contributed by atoms with Crippen LogP contribution in [0.15, 0.2) is 84.9 Å². The smallest absolute Gasteiger partial charge is 0.164 e. The van der Waals surface area contributed by atoms with Crippen LogP contribution >= 0.6 is 0 Å². The van der Waals surface area contributed by atoms with E-state index in [2.05, 4.69) is 120 Å². The van der Waals surface area contributed by atoms with Crippen molar-refractivity contribution in [3.8, 4) is 33.9 Å². The summed E-state index contributed by atoms with van der Waals surface area (Å²) in [4.78, 5) is 15.0. The lowest BCUT2D eigenvalue weighted by Crippen LogP contribution is -2.18. The van der Waals surface area contributed by atoms with E-state index in [-0.39, 0.29) is 10.8 Å². The molecule has 0 radical (unpaired) electrons. The SMILES string of the molecule is CC(C)(C)c1nc(-c2ccc3c(c2)C(C)(C)c2ccccc2-3)nc(-c2cccc3ccccc23)n1. The monoisotopic (exact) mass is 455 g/mol. The summed E-state index contributed by atoms with van der Waals surface area (Å²) in [5.74, 6) is 2.25. The zero-order valence-electron chi connectivity index (χ0n) is 20.9. The number of fused-ring (bicyclic) bond motifs is 4. The lowest BCUT2D eigenvalue weighted by Gasteiger charge is -2.22. The molecule has 1 aliphatic rings. The van der Waals surface area contributed by atoms with Gasteiger partial charge in [-0.15, -0.1) is 0 Å². The maximum Gasteiger partial charge on any atom is 0.164 e. The third-order valence-corrected chi connectivity index (χ3v) is 7.18. The van der Waals surface area contributed by atoms with Crippen LogP contribution in [0.25, 0.3) is 44.7 Å². The molecule has 172 valence electrons. The maximum atomic E-state index is 5.04. The van der Waals surface area contributed by atoms with Gasteiger partial charge in [0.25, 0.3) is 0 Å². The molecule has 0 spiro atoms. The minimum atomic E-state index is -0.205. The zero-order chi connectivity index (χ0) is 24.4. The van der Waals surface area contributed by atoms with Gasteiger partial charge < -0.3 is 0 Å². The predicted octanol–water partition coefficient (Wildman–Crippen LogP) is 7.96. The van der Waals surface area contributed by atoms with E-state index in [4.69, 9.17) is 15.0 Å². The molecule has 0 amide bonds. The molecule has 0 saturated heterocycles. The van der Waals surface area contributed by atoms with Crippen molar-refractivity contribution in [3.63, 3.8) is 0 Å². The van der Waals surface area contributed by atoms with E-state index in [1.807, 2.05) is 0 Å². The minimum absolute atomic E-state index is 0.0692. The summed E-state index contributed by atoms with van der Waals surface area (Å²) in [6.07, 6.45) is 0. The van der Waals surface area contributed by atoms with Crippen molar-refractivity contribution in [1.82, 2.24) is 15.0 Å². The van der Waals surface area contributed by atoms with E-state index in [1.165, 1.54) is 27.6 Å². The van der Waals surface area contributed by atoms with E-state index in [1.54, 1.807) is 0 Å². The molecule has 3 heteroatoms. The molecule has 6 rings (SSSR count). The normalized spacial score (nSPS) is 14.1. The standard InChI is InChI=1S/C32H29N3/c1-31(2,3)30-34-28(33-29(35-30)25-15-10-12-20-11-6-7-13-22(20)25)21-17-18-24-23-14-8-9-16-26(23)32(4,5)27(24)19-21/h6-19H,1-5H3. The molecule has 1 aromatic heterocycles. The Balaban J connectivity index is 1.56. The van der Waals surface area contributed by atoms with Crippen molar-refractivity contribution in [3.05, 3.63) is 102 Å². The van der Waals surface area contributed by atoms with Crippen LogP contribution < -0.4 is 0 Å². The highest BCUT2D eigenvalue weighted by Crippen LogP contribution is 2.49. The number of hydrogen-bond donors (Lipinski definition) is 0. The first-order valence-corrected chi connectivity index (χ1v) is 12.2. The van der Waals surface area contributed by atoms with Gasteiger partial charge in [0, 0.05) is 22.0 Å². The van der Waals surface area contributed by atoms with Crippen LogP contribution in [0.3, 0.4) is 0 Å². The van der Waals surface area contributed by atoms with Gasteiger partial charge in [-0.3, -0.25) is 0 Å². The molecular weight excluding hydrogens is 426 g/mol. The Morgan fingerprint density at radius 3 is 2.09 bits per heavy atom. The molecule has 0 N–H and O–H groups in total. The molecule has 3 nitrogen and oxygen atoms in total. The summed E-state index contributed by atoms with van der Waals surface area (Å²) in [5.41, 5.74) is 7.10. The van der Waals surface area contributed by atoms with Crippen LogP contribution in [-0.4, -0.2) is 15.0 Å². The molecule has 4 aromatic carbocycles. The Morgan fingerprint density at radius 2 is 1.26 bits per heavy atom. The maximum absolute atomic E-state index is 5.04. The highest BCUT2D eigenvalue weighted by molar-refractivity contribution is 5.95. The molecule has 1 aliphatic carbocycles. The van der Waals surface area contributed by atoms with Crippen molar-refractivity contribution in [2.75, 3.05) is 0 Å². The van der Waals surface area contributed by atoms with Gasteiger partial charge in [0.2, 0.25) is 0 Å². The topological polar surface area (TPSA) is 38.7 Å². The average molecular weight is 456 g/mol. The molecule has 0 fully saturated rings. The van der Waals surface area contributed by atoms with E-state index < -0.39 is 0 Å². The fourth-order valence-electron chi connectivity index (χ4n) is 5.22. The quantitative estimate of drug-likeness (QED) is 0.271. The molecule has 1 heterocycles. The van der Waals surface area contributed by atoms with Gasteiger partial charge in [-0.05, 0) is 39.1 Å². The third-order valence-electron chi connectivity index (χ3n) is 7.18. The molecular formula is C32H29N3. The van der Waals surface area contributed by atoms with Gasteiger partial charge in [-0.1, -0.05) is 113 Å². The van der Waals surface area contributed by atoms with E-state index in [9.17, 15) is 0 Å². The summed E-state index contributed by atoms with van der Waals surface area (Å²) in [7, 11) is 0. The van der Waals surface area contributed by atoms with Gasteiger partial charge in [-0.2, -0.15) is 0 Å². The molecule has 0 unspecified atom stereocenters. The summed E-state index contributed by atoms with van der Waals surface area (Å²) in [5, 5.41) is 2.33. The van der Waals surface area contributed by atoms with Gasteiger partial charge in [-0.25, -0.2) is 15.0 Å². The second-order valence-electron chi connectivity index (χ2n) is 11.0. The first-order valence-electron chi connectivity index (χ1n) is 12.2. The Labute approximate surface area is 206 Å². The van der Waals surface area contributed by atoms with Crippen molar-refractivity contribution in [2.45, 2.75) is 45.4 Å². The molecule has 0 bridgehead atoms. The van der Waals surface area contributed by atoms with Gasteiger partial charge in [0.1, 0.15) is 5.82 Å².